The van der Waals surface area contributed by atoms with Crippen LogP contribution >= 0.6 is 0 Å². The van der Waals surface area contributed by atoms with E-state index in [0.29, 0.717) is 39.6 Å². The molecule has 0 saturated carbocycles. The average molecular weight is 1620 g/mol. The minimum atomic E-state index is 0.676. The normalized spacial score (nSPS) is 11.6. The fourth-order valence-corrected chi connectivity index (χ4v) is 16.4. The lowest BCUT2D eigenvalue weighted by atomic mass is 9.97. The quantitative estimate of drug-likeness (QED) is 0.0280. The first-order chi connectivity index (χ1) is 58.5. The van der Waals surface area contributed by atoms with E-state index in [0.717, 1.165) is 95.3 Å². The van der Waals surface area contributed by atoms with Gasteiger partial charge in [0.05, 0.1) is 39.6 Å². The van der Waals surface area contributed by atoms with Gasteiger partial charge in [-0.1, -0.05) is 510 Å². The Labute approximate surface area is 726 Å². The molecule has 6 heteroatoms. The number of ether oxygens (including phenoxy) is 6. The Morgan fingerprint density at radius 1 is 0.153 bits per heavy atom. The van der Waals surface area contributed by atoms with Gasteiger partial charge in [0.25, 0.3) is 0 Å². The SMILES string of the molecule is CCCCCCCCCCCCOc1cc(C=Cc2ccc(-c3ccc(-c4ccc(-c5ccc(C=Cc6cc(OCCCCCCCCCCCC)c(OCCCCCCCCCCCC)c(OCCCCCCCCCCCC)c6)cc5)cc4)cc3)cc2)cc(OCCCCCCCCCCCC)c1OCCCCCCCCCCCC. The summed E-state index contributed by atoms with van der Waals surface area (Å²) in [6.45, 7) is 17.9. The minimum absolute atomic E-state index is 0.676. The van der Waals surface area contributed by atoms with Crippen LogP contribution in [-0.4, -0.2) is 39.6 Å². The molecule has 0 heterocycles. The summed E-state index contributed by atoms with van der Waals surface area (Å²) in [7, 11) is 0. The van der Waals surface area contributed by atoms with E-state index in [1.165, 1.54) is 380 Å². The molecule has 6 aromatic carbocycles. The lowest BCUT2D eigenvalue weighted by Crippen LogP contribution is -2.07. The van der Waals surface area contributed by atoms with Crippen molar-refractivity contribution in [1.29, 1.82) is 0 Å². The first kappa shape index (κ1) is 100. The summed E-state index contributed by atoms with van der Waals surface area (Å²) in [5.41, 5.74) is 11.7. The third-order valence-corrected chi connectivity index (χ3v) is 24.1. The molecule has 0 aliphatic heterocycles. The molecule has 6 aromatic rings. The summed E-state index contributed by atoms with van der Waals surface area (Å²) in [6.07, 6.45) is 86.9. The second-order valence-corrected chi connectivity index (χ2v) is 34.9. The van der Waals surface area contributed by atoms with E-state index in [1.807, 2.05) is 0 Å². The third-order valence-electron chi connectivity index (χ3n) is 24.1. The van der Waals surface area contributed by atoms with Crippen LogP contribution in [0.15, 0.2) is 121 Å². The van der Waals surface area contributed by atoms with Crippen LogP contribution in [0, 0.1) is 0 Å². The standard InChI is InChI=1S/C112H174O6/c1-7-13-19-25-31-37-43-49-55-61-87-113-107-93-99(94-108(114-88-62-56-50-44-38-32-26-20-14-8-2)111(107)117-91-65-59-53-47-41-35-29-23-17-11-5)69-67-97-71-75-101(76-72-97)103-79-83-105(84-80-103)106-85-81-104(82-86-106)102-77-73-98(74-78-102)68-70-100-95-109(115-89-63-57-51-45-39-33-27-21-15-9-3)112(118-92-66-60-54-48-42-36-30-24-18-12-6)110(96-100)116-90-64-58-52-46-40-34-28-22-16-10-4/h67-86,93-96H,7-66,87-92H2,1-6H3. The topological polar surface area (TPSA) is 55.4 Å². The van der Waals surface area contributed by atoms with Crippen molar-refractivity contribution in [2.75, 3.05) is 39.6 Å². The van der Waals surface area contributed by atoms with Gasteiger partial charge in [0.15, 0.2) is 23.0 Å². The molecule has 0 N–H and O–H groups in total. The molecule has 0 fully saturated rings. The molecule has 0 bridgehead atoms. The number of unbranched alkanes of at least 4 members (excludes halogenated alkanes) is 54. The zero-order valence-corrected chi connectivity index (χ0v) is 77.0. The van der Waals surface area contributed by atoms with Crippen LogP contribution in [0.1, 0.15) is 449 Å². The Hall–Kier alpha value is -6.40. The molecule has 0 aromatic heterocycles. The highest BCUT2D eigenvalue weighted by Gasteiger charge is 2.19. The summed E-state index contributed by atoms with van der Waals surface area (Å²) >= 11 is 0. The molecule has 0 amide bonds. The van der Waals surface area contributed by atoms with Gasteiger partial charge in [0.2, 0.25) is 11.5 Å². The van der Waals surface area contributed by atoms with Crippen LogP contribution < -0.4 is 28.4 Å². The molecular weight excluding hydrogens is 1440 g/mol. The first-order valence-electron chi connectivity index (χ1n) is 50.4. The molecular formula is C112H174O6. The zero-order chi connectivity index (χ0) is 83.1. The Morgan fingerprint density at radius 2 is 0.288 bits per heavy atom. The number of hydrogen-bond donors (Lipinski definition) is 0. The lowest BCUT2D eigenvalue weighted by molar-refractivity contribution is 0.234. The lowest BCUT2D eigenvalue weighted by Gasteiger charge is -2.18. The maximum atomic E-state index is 6.77. The molecule has 0 aliphatic carbocycles. The van der Waals surface area contributed by atoms with Crippen molar-refractivity contribution in [3.8, 4) is 67.9 Å². The van der Waals surface area contributed by atoms with E-state index in [2.05, 4.69) is 187 Å². The highest BCUT2D eigenvalue weighted by Crippen LogP contribution is 2.43. The Bertz CT molecular complexity index is 3040. The van der Waals surface area contributed by atoms with Crippen molar-refractivity contribution < 1.29 is 28.4 Å². The maximum absolute atomic E-state index is 6.77. The summed E-state index contributed by atoms with van der Waals surface area (Å²) < 4.78 is 40.6. The van der Waals surface area contributed by atoms with Crippen molar-refractivity contribution in [2.24, 2.45) is 0 Å². The predicted molar refractivity (Wildman–Crippen MR) is 518 cm³/mol. The van der Waals surface area contributed by atoms with E-state index in [4.69, 9.17) is 28.4 Å². The van der Waals surface area contributed by atoms with Gasteiger partial charge in [-0.3, -0.25) is 0 Å². The minimum Gasteiger partial charge on any atom is -0.490 e. The van der Waals surface area contributed by atoms with Crippen LogP contribution in [0.5, 0.6) is 34.5 Å². The van der Waals surface area contributed by atoms with E-state index in [1.54, 1.807) is 0 Å². The molecule has 0 saturated heterocycles. The van der Waals surface area contributed by atoms with Crippen LogP contribution in [0.25, 0.3) is 57.7 Å². The largest absolute Gasteiger partial charge is 0.490 e. The zero-order valence-electron chi connectivity index (χ0n) is 77.0. The van der Waals surface area contributed by atoms with Crippen LogP contribution in [0.3, 0.4) is 0 Å². The smallest absolute Gasteiger partial charge is 0.203 e. The van der Waals surface area contributed by atoms with Gasteiger partial charge in [-0.05, 0) is 118 Å². The van der Waals surface area contributed by atoms with Crippen molar-refractivity contribution in [1.82, 2.24) is 0 Å². The maximum Gasteiger partial charge on any atom is 0.203 e. The molecule has 0 radical (unpaired) electrons. The summed E-state index contributed by atoms with van der Waals surface area (Å²) in [6, 6.07) is 44.8. The van der Waals surface area contributed by atoms with Gasteiger partial charge in [-0.25, -0.2) is 0 Å². The van der Waals surface area contributed by atoms with E-state index in [-0.39, 0.29) is 0 Å². The first-order valence-corrected chi connectivity index (χ1v) is 50.4. The van der Waals surface area contributed by atoms with Crippen LogP contribution in [0.2, 0.25) is 0 Å². The average Bonchev–Trinajstić information content (AvgIpc) is 0.835. The summed E-state index contributed by atoms with van der Waals surface area (Å²) in [5, 5.41) is 0. The van der Waals surface area contributed by atoms with Crippen molar-refractivity contribution in [3.63, 3.8) is 0 Å². The number of rotatable bonds is 79. The van der Waals surface area contributed by atoms with Gasteiger partial charge in [0, 0.05) is 0 Å². The van der Waals surface area contributed by atoms with Gasteiger partial charge < -0.3 is 28.4 Å². The Morgan fingerprint density at radius 3 is 0.458 bits per heavy atom. The highest BCUT2D eigenvalue weighted by molar-refractivity contribution is 5.78. The van der Waals surface area contributed by atoms with Gasteiger partial charge in [-0.15, -0.1) is 0 Å². The molecule has 0 atom stereocenters. The molecule has 6 rings (SSSR count). The van der Waals surface area contributed by atoms with Crippen LogP contribution in [-0.2, 0) is 0 Å². The predicted octanol–water partition coefficient (Wildman–Crippen LogP) is 36.8. The molecule has 0 aliphatic rings. The van der Waals surface area contributed by atoms with E-state index >= 15 is 0 Å². The second kappa shape index (κ2) is 70.2. The molecule has 0 spiro atoms. The summed E-state index contributed by atoms with van der Waals surface area (Å²) in [5.74, 6) is 4.83. The number of hydrogen-bond acceptors (Lipinski definition) is 6. The van der Waals surface area contributed by atoms with Crippen LogP contribution in [0.4, 0.5) is 0 Å². The third kappa shape index (κ3) is 47.1. The van der Waals surface area contributed by atoms with Gasteiger partial charge in [0.1, 0.15) is 0 Å². The van der Waals surface area contributed by atoms with Gasteiger partial charge in [-0.2, -0.15) is 0 Å². The summed E-state index contributed by atoms with van der Waals surface area (Å²) in [4.78, 5) is 0. The molecule has 658 valence electrons. The fourth-order valence-electron chi connectivity index (χ4n) is 16.4. The molecule has 118 heavy (non-hydrogen) atoms. The van der Waals surface area contributed by atoms with Crippen molar-refractivity contribution >= 4 is 24.3 Å². The Balaban J connectivity index is 1.10. The van der Waals surface area contributed by atoms with Crippen molar-refractivity contribution in [3.05, 3.63) is 144 Å². The molecule has 0 unspecified atom stereocenters. The van der Waals surface area contributed by atoms with Crippen molar-refractivity contribution in [2.45, 2.75) is 427 Å². The van der Waals surface area contributed by atoms with E-state index < -0.39 is 0 Å². The second-order valence-electron chi connectivity index (χ2n) is 34.9. The van der Waals surface area contributed by atoms with Gasteiger partial charge >= 0.3 is 0 Å². The molecule has 6 nitrogen and oxygen atoms in total. The Kier molecular flexibility index (Phi) is 59.7. The fraction of sp³-hybridized carbons (Fsp3) is 0.643. The monoisotopic (exact) mass is 1620 g/mol. The highest BCUT2D eigenvalue weighted by atomic mass is 16.5. The number of benzene rings is 6. The van der Waals surface area contributed by atoms with E-state index in [9.17, 15) is 0 Å².